The largest absolute Gasteiger partial charge is 0.418 e. The van der Waals surface area contributed by atoms with E-state index in [-0.39, 0.29) is 24.1 Å². The van der Waals surface area contributed by atoms with Gasteiger partial charge in [0.25, 0.3) is 0 Å². The van der Waals surface area contributed by atoms with E-state index in [1.807, 2.05) is 0 Å². The molecule has 1 fully saturated rings. The van der Waals surface area contributed by atoms with E-state index >= 15 is 0 Å². The molecule has 1 amide bonds. The Kier molecular flexibility index (Phi) is 3.34. The maximum atomic E-state index is 12.2. The highest BCUT2D eigenvalue weighted by molar-refractivity contribution is 5.76. The third-order valence-electron chi connectivity index (χ3n) is 2.67. The molecule has 7 heteroatoms. The summed E-state index contributed by atoms with van der Waals surface area (Å²) in [4.78, 5) is 11.4. The number of nitrogens with one attached hydrogen (secondary N) is 1. The van der Waals surface area contributed by atoms with E-state index in [2.05, 4.69) is 5.32 Å². The van der Waals surface area contributed by atoms with Crippen molar-refractivity contribution >= 4 is 5.91 Å². The number of nitrogens with zero attached hydrogens (tertiary/aromatic N) is 1. The van der Waals surface area contributed by atoms with Crippen molar-refractivity contribution in [3.63, 3.8) is 0 Å². The van der Waals surface area contributed by atoms with E-state index in [1.165, 1.54) is 10.8 Å². The molecule has 1 aromatic heterocycles. The first-order valence-corrected chi connectivity index (χ1v) is 5.56. The molecular weight excluding hydrogens is 249 g/mol. The van der Waals surface area contributed by atoms with Crippen LogP contribution in [0.15, 0.2) is 18.5 Å². The third-order valence-corrected chi connectivity index (χ3v) is 2.67. The Bertz CT molecular complexity index is 438. The van der Waals surface area contributed by atoms with Gasteiger partial charge in [-0.15, -0.1) is 0 Å². The number of aromatic nitrogens is 1. The second-order valence-corrected chi connectivity index (χ2v) is 4.40. The number of aliphatic hydroxyl groups excluding tert-OH is 1. The smallest absolute Gasteiger partial charge is 0.379 e. The van der Waals surface area contributed by atoms with Crippen LogP contribution in [0.4, 0.5) is 13.2 Å². The van der Waals surface area contributed by atoms with Crippen molar-refractivity contribution in [2.75, 3.05) is 0 Å². The predicted molar refractivity (Wildman–Crippen MR) is 56.6 cm³/mol. The molecule has 0 aliphatic heterocycles. The zero-order valence-electron chi connectivity index (χ0n) is 9.44. The van der Waals surface area contributed by atoms with Crippen LogP contribution in [0.25, 0.3) is 0 Å². The van der Waals surface area contributed by atoms with Crippen molar-refractivity contribution < 1.29 is 23.1 Å². The lowest BCUT2D eigenvalue weighted by molar-refractivity contribution is -0.206. The average Bonchev–Trinajstić information content (AvgIpc) is 2.93. The highest BCUT2D eigenvalue weighted by atomic mass is 19.4. The lowest BCUT2D eigenvalue weighted by Gasteiger charge is -2.12. The fourth-order valence-corrected chi connectivity index (χ4v) is 1.58. The summed E-state index contributed by atoms with van der Waals surface area (Å²) in [6, 6.07) is 1.37. The molecule has 0 saturated heterocycles. The summed E-state index contributed by atoms with van der Waals surface area (Å²) >= 11 is 0. The van der Waals surface area contributed by atoms with E-state index < -0.39 is 12.3 Å². The van der Waals surface area contributed by atoms with Gasteiger partial charge in [0.2, 0.25) is 5.91 Å². The number of carbonyl (C=O) groups excluding carboxylic acids is 1. The molecule has 2 N–H and O–H groups in total. The average molecular weight is 262 g/mol. The van der Waals surface area contributed by atoms with Gasteiger partial charge in [0.1, 0.15) is 6.54 Å². The van der Waals surface area contributed by atoms with Gasteiger partial charge in [0, 0.05) is 24.0 Å². The van der Waals surface area contributed by atoms with E-state index in [4.69, 9.17) is 5.11 Å². The highest BCUT2D eigenvalue weighted by Crippen LogP contribution is 2.32. The van der Waals surface area contributed by atoms with Crippen molar-refractivity contribution in [2.24, 2.45) is 0 Å². The van der Waals surface area contributed by atoms with Gasteiger partial charge in [-0.25, -0.2) is 0 Å². The monoisotopic (exact) mass is 262 g/mol. The fraction of sp³-hybridized carbons (Fsp3) is 0.545. The second kappa shape index (κ2) is 4.64. The Morgan fingerprint density at radius 3 is 2.78 bits per heavy atom. The van der Waals surface area contributed by atoms with E-state index in [0.29, 0.717) is 0 Å². The molecule has 4 nitrogen and oxygen atoms in total. The number of amides is 1. The van der Waals surface area contributed by atoms with Crippen molar-refractivity contribution in [1.29, 1.82) is 0 Å². The van der Waals surface area contributed by atoms with Crippen molar-refractivity contribution in [1.82, 2.24) is 9.88 Å². The van der Waals surface area contributed by atoms with Crippen LogP contribution in [0.5, 0.6) is 0 Å². The van der Waals surface area contributed by atoms with Gasteiger partial charge in [-0.05, 0) is 18.9 Å². The molecule has 1 heterocycles. The van der Waals surface area contributed by atoms with Crippen LogP contribution in [-0.2, 0) is 11.3 Å². The molecule has 1 atom stereocenters. The maximum absolute atomic E-state index is 12.2. The van der Waals surface area contributed by atoms with Gasteiger partial charge in [-0.2, -0.15) is 13.2 Å². The number of carbonyl (C=O) groups is 1. The van der Waals surface area contributed by atoms with Crippen LogP contribution >= 0.6 is 0 Å². The molecule has 1 aliphatic rings. The third kappa shape index (κ3) is 3.25. The minimum atomic E-state index is -4.69. The molecule has 100 valence electrons. The van der Waals surface area contributed by atoms with Gasteiger partial charge in [-0.1, -0.05) is 0 Å². The maximum Gasteiger partial charge on any atom is 0.418 e. The number of aliphatic hydroxyl groups is 1. The standard InChI is InChI=1S/C11H13F3N2O2/c12-11(13,14)10(18)7-3-4-16(5-7)6-9(17)15-8-1-2-8/h3-5,8,10,18H,1-2,6H2,(H,15,17). The number of hydrogen-bond acceptors (Lipinski definition) is 2. The summed E-state index contributed by atoms with van der Waals surface area (Å²) in [7, 11) is 0. The lowest BCUT2D eigenvalue weighted by Crippen LogP contribution is -2.28. The van der Waals surface area contributed by atoms with Crippen LogP contribution in [0, 0.1) is 0 Å². The normalized spacial score (nSPS) is 17.6. The minimum Gasteiger partial charge on any atom is -0.379 e. The lowest BCUT2D eigenvalue weighted by atomic mass is 10.2. The van der Waals surface area contributed by atoms with Gasteiger partial charge < -0.3 is 15.0 Å². The number of alkyl halides is 3. The van der Waals surface area contributed by atoms with Gasteiger partial charge >= 0.3 is 6.18 Å². The zero-order chi connectivity index (χ0) is 13.3. The molecule has 0 aromatic carbocycles. The second-order valence-electron chi connectivity index (χ2n) is 4.40. The summed E-state index contributed by atoms with van der Waals surface area (Å²) in [6.45, 7) is -0.0406. The number of halogens is 3. The fourth-order valence-electron chi connectivity index (χ4n) is 1.58. The summed E-state index contributed by atoms with van der Waals surface area (Å²) in [5.41, 5.74) is -0.262. The van der Waals surface area contributed by atoms with Gasteiger partial charge in [0.15, 0.2) is 6.10 Å². The molecule has 0 radical (unpaired) electrons. The highest BCUT2D eigenvalue weighted by Gasteiger charge is 2.39. The Labute approximate surface area is 101 Å². The molecule has 0 spiro atoms. The number of hydrogen-bond donors (Lipinski definition) is 2. The molecule has 2 rings (SSSR count). The van der Waals surface area contributed by atoms with Crippen LogP contribution in [0.1, 0.15) is 24.5 Å². The van der Waals surface area contributed by atoms with Gasteiger partial charge in [0.05, 0.1) is 0 Å². The first-order valence-electron chi connectivity index (χ1n) is 5.56. The topological polar surface area (TPSA) is 54.3 Å². The Hall–Kier alpha value is -1.50. The number of rotatable bonds is 4. The first-order chi connectivity index (χ1) is 8.36. The van der Waals surface area contributed by atoms with E-state index in [1.54, 1.807) is 0 Å². The SMILES string of the molecule is O=C(Cn1ccc(C(O)C(F)(F)F)c1)NC1CC1. The van der Waals surface area contributed by atoms with Crippen molar-refractivity contribution in [3.8, 4) is 0 Å². The summed E-state index contributed by atoms with van der Waals surface area (Å²) in [5, 5.41) is 11.7. The molecular formula is C11H13F3N2O2. The van der Waals surface area contributed by atoms with E-state index in [0.717, 1.165) is 25.1 Å². The van der Waals surface area contributed by atoms with Crippen LogP contribution in [0.2, 0.25) is 0 Å². The Balaban J connectivity index is 1.94. The molecule has 0 bridgehead atoms. The molecule has 1 saturated carbocycles. The Morgan fingerprint density at radius 1 is 1.56 bits per heavy atom. The molecule has 1 aromatic rings. The summed E-state index contributed by atoms with van der Waals surface area (Å²) < 4.78 is 38.1. The Morgan fingerprint density at radius 2 is 2.22 bits per heavy atom. The van der Waals surface area contributed by atoms with Crippen LogP contribution < -0.4 is 5.32 Å². The zero-order valence-corrected chi connectivity index (χ0v) is 9.44. The first kappa shape index (κ1) is 12.9. The molecule has 1 unspecified atom stereocenters. The quantitative estimate of drug-likeness (QED) is 0.861. The summed E-state index contributed by atoms with van der Waals surface area (Å²) in [6.07, 6.45) is -2.82. The van der Waals surface area contributed by atoms with Crippen molar-refractivity contribution in [3.05, 3.63) is 24.0 Å². The molecule has 18 heavy (non-hydrogen) atoms. The van der Waals surface area contributed by atoms with Crippen molar-refractivity contribution in [2.45, 2.75) is 37.7 Å². The summed E-state index contributed by atoms with van der Waals surface area (Å²) in [5.74, 6) is -0.235. The van der Waals surface area contributed by atoms with Crippen LogP contribution in [0.3, 0.4) is 0 Å². The van der Waals surface area contributed by atoms with Crippen LogP contribution in [-0.4, -0.2) is 27.8 Å². The van der Waals surface area contributed by atoms with Gasteiger partial charge in [-0.3, -0.25) is 4.79 Å². The minimum absolute atomic E-state index is 0.0406. The molecule has 1 aliphatic carbocycles. The predicted octanol–water partition coefficient (Wildman–Crippen LogP) is 1.36. The van der Waals surface area contributed by atoms with E-state index in [9.17, 15) is 18.0 Å².